The zero-order chi connectivity index (χ0) is 6.27. The molecular formula is C8H15P. The van der Waals surface area contributed by atoms with Crippen LogP contribution in [0.15, 0.2) is 0 Å². The maximum atomic E-state index is 2.52. The summed E-state index contributed by atoms with van der Waals surface area (Å²) in [5, 5.41) is 0. The Morgan fingerprint density at radius 2 is 1.56 bits per heavy atom. The van der Waals surface area contributed by atoms with Crippen LogP contribution >= 0.6 is 7.92 Å². The van der Waals surface area contributed by atoms with E-state index in [9.17, 15) is 0 Å². The summed E-state index contributed by atoms with van der Waals surface area (Å²) in [5.74, 6) is 0. The van der Waals surface area contributed by atoms with Crippen LogP contribution in [0.4, 0.5) is 0 Å². The number of hydrogen-bond donors (Lipinski definition) is 0. The molecule has 0 aromatic carbocycles. The molecule has 0 aliphatic carbocycles. The Hall–Kier alpha value is 0.430. The minimum Gasteiger partial charge on any atom is -0.104 e. The van der Waals surface area contributed by atoms with Gasteiger partial charge in [-0.1, -0.05) is 6.42 Å². The zero-order valence-electron chi connectivity index (χ0n) is 6.14. The molecule has 2 heterocycles. The fraction of sp³-hybridized carbons (Fsp3) is 1.00. The summed E-state index contributed by atoms with van der Waals surface area (Å²) in [5.41, 5.74) is 2.39. The summed E-state index contributed by atoms with van der Waals surface area (Å²) in [7, 11) is 0.497. The Morgan fingerprint density at radius 3 is 2.00 bits per heavy atom. The van der Waals surface area contributed by atoms with Crippen LogP contribution in [-0.2, 0) is 0 Å². The van der Waals surface area contributed by atoms with Gasteiger partial charge in [-0.15, -0.1) is 7.92 Å². The first-order valence-electron chi connectivity index (χ1n) is 4.10. The van der Waals surface area contributed by atoms with Gasteiger partial charge in [-0.05, 0) is 43.7 Å². The second-order valence-electron chi connectivity index (χ2n) is 3.48. The van der Waals surface area contributed by atoms with Crippen LogP contribution in [0, 0.1) is 0 Å². The Balaban J connectivity index is 2.10. The van der Waals surface area contributed by atoms with E-state index in [1.165, 1.54) is 11.3 Å². The smallest absolute Gasteiger partial charge is 0.0209 e. The van der Waals surface area contributed by atoms with Gasteiger partial charge in [0.1, 0.15) is 0 Å². The van der Waals surface area contributed by atoms with Gasteiger partial charge >= 0.3 is 0 Å². The van der Waals surface area contributed by atoms with Crippen molar-refractivity contribution < 1.29 is 0 Å². The van der Waals surface area contributed by atoms with Crippen molar-refractivity contribution in [1.29, 1.82) is 0 Å². The van der Waals surface area contributed by atoms with Gasteiger partial charge in [0.15, 0.2) is 0 Å². The highest BCUT2D eigenvalue weighted by Gasteiger charge is 2.34. The predicted molar refractivity (Wildman–Crippen MR) is 43.5 cm³/mol. The second kappa shape index (κ2) is 2.23. The summed E-state index contributed by atoms with van der Waals surface area (Å²) in [6.45, 7) is 2.52. The van der Waals surface area contributed by atoms with Gasteiger partial charge in [-0.25, -0.2) is 0 Å². The molecule has 0 amide bonds. The third-order valence-electron chi connectivity index (χ3n) is 3.06. The van der Waals surface area contributed by atoms with Gasteiger partial charge in [0, 0.05) is 0 Å². The van der Waals surface area contributed by atoms with E-state index >= 15 is 0 Å². The van der Waals surface area contributed by atoms with Crippen LogP contribution < -0.4 is 0 Å². The molecule has 2 aliphatic rings. The lowest BCUT2D eigenvalue weighted by molar-refractivity contribution is 0.674. The van der Waals surface area contributed by atoms with Crippen molar-refractivity contribution in [2.24, 2.45) is 0 Å². The van der Waals surface area contributed by atoms with E-state index in [2.05, 4.69) is 6.66 Å². The molecule has 0 N–H and O–H groups in total. The Bertz CT molecular complexity index is 95.1. The molecule has 2 atom stereocenters. The number of fused-ring (bicyclic) bond motifs is 2. The molecular weight excluding hydrogens is 127 g/mol. The maximum Gasteiger partial charge on any atom is -0.0209 e. The van der Waals surface area contributed by atoms with E-state index in [0.29, 0.717) is 7.92 Å². The molecule has 52 valence electrons. The summed E-state index contributed by atoms with van der Waals surface area (Å²) in [6, 6.07) is 0. The van der Waals surface area contributed by atoms with E-state index in [1.54, 1.807) is 32.1 Å². The first-order chi connectivity index (χ1) is 4.38. The Kier molecular flexibility index (Phi) is 1.53. The minimum absolute atomic E-state index is 0.497. The van der Waals surface area contributed by atoms with Crippen LogP contribution in [0.3, 0.4) is 0 Å². The second-order valence-corrected chi connectivity index (χ2v) is 6.27. The van der Waals surface area contributed by atoms with E-state index in [0.717, 1.165) is 0 Å². The van der Waals surface area contributed by atoms with Gasteiger partial charge in [-0.2, -0.15) is 0 Å². The van der Waals surface area contributed by atoms with E-state index in [-0.39, 0.29) is 0 Å². The molecule has 2 unspecified atom stereocenters. The standard InChI is InChI=1S/C8H15P/c1-9-7-3-2-4-8(9)6-5-7/h7-8H,2-6H2,1H3. The highest BCUT2D eigenvalue weighted by molar-refractivity contribution is 7.58. The van der Waals surface area contributed by atoms with E-state index in [4.69, 9.17) is 0 Å². The molecule has 2 fully saturated rings. The number of hydrogen-bond acceptors (Lipinski definition) is 0. The van der Waals surface area contributed by atoms with E-state index < -0.39 is 0 Å². The third kappa shape index (κ3) is 0.923. The molecule has 0 spiro atoms. The highest BCUT2D eigenvalue weighted by atomic mass is 31.1. The van der Waals surface area contributed by atoms with Gasteiger partial charge in [-0.3, -0.25) is 0 Å². The van der Waals surface area contributed by atoms with Crippen molar-refractivity contribution in [2.75, 3.05) is 6.66 Å². The molecule has 0 nitrogen and oxygen atoms in total. The van der Waals surface area contributed by atoms with Crippen LogP contribution in [0.25, 0.3) is 0 Å². The molecule has 2 aliphatic heterocycles. The fourth-order valence-corrected chi connectivity index (χ4v) is 5.26. The molecule has 9 heavy (non-hydrogen) atoms. The lowest BCUT2D eigenvalue weighted by atomic mass is 10.2. The molecule has 0 aromatic rings. The van der Waals surface area contributed by atoms with Crippen LogP contribution in [0.1, 0.15) is 32.1 Å². The molecule has 0 aromatic heterocycles. The quantitative estimate of drug-likeness (QED) is 0.456. The van der Waals surface area contributed by atoms with Crippen LogP contribution in [0.5, 0.6) is 0 Å². The summed E-state index contributed by atoms with van der Waals surface area (Å²) >= 11 is 0. The molecule has 2 rings (SSSR count). The summed E-state index contributed by atoms with van der Waals surface area (Å²) in [4.78, 5) is 0. The highest BCUT2D eigenvalue weighted by Crippen LogP contribution is 2.59. The van der Waals surface area contributed by atoms with Gasteiger partial charge in [0.2, 0.25) is 0 Å². The van der Waals surface area contributed by atoms with Crippen molar-refractivity contribution in [3.63, 3.8) is 0 Å². The average molecular weight is 142 g/mol. The van der Waals surface area contributed by atoms with Crippen LogP contribution in [0.2, 0.25) is 0 Å². The average Bonchev–Trinajstić information content (AvgIpc) is 2.19. The zero-order valence-corrected chi connectivity index (χ0v) is 7.03. The maximum absolute atomic E-state index is 2.52. The lowest BCUT2D eigenvalue weighted by Gasteiger charge is -2.26. The van der Waals surface area contributed by atoms with E-state index in [1.807, 2.05) is 0 Å². The normalized spacial score (nSPS) is 49.7. The molecule has 2 saturated heterocycles. The molecule has 0 radical (unpaired) electrons. The van der Waals surface area contributed by atoms with Gasteiger partial charge in [0.25, 0.3) is 0 Å². The van der Waals surface area contributed by atoms with Crippen molar-refractivity contribution in [3.05, 3.63) is 0 Å². The fourth-order valence-electron chi connectivity index (χ4n) is 2.38. The van der Waals surface area contributed by atoms with Crippen molar-refractivity contribution >= 4 is 7.92 Å². The summed E-state index contributed by atoms with van der Waals surface area (Å²) in [6.07, 6.45) is 7.83. The van der Waals surface area contributed by atoms with Crippen molar-refractivity contribution in [3.8, 4) is 0 Å². The van der Waals surface area contributed by atoms with Crippen molar-refractivity contribution in [2.45, 2.75) is 43.4 Å². The number of rotatable bonds is 0. The Morgan fingerprint density at radius 1 is 1.00 bits per heavy atom. The third-order valence-corrected chi connectivity index (χ3v) is 6.40. The molecule has 2 bridgehead atoms. The molecule has 0 saturated carbocycles. The lowest BCUT2D eigenvalue weighted by Crippen LogP contribution is -2.09. The predicted octanol–water partition coefficient (Wildman–Crippen LogP) is 2.81. The topological polar surface area (TPSA) is 0 Å². The first-order valence-corrected chi connectivity index (χ1v) is 6.02. The first kappa shape index (κ1) is 6.16. The molecule has 1 heteroatoms. The minimum atomic E-state index is 0.497. The van der Waals surface area contributed by atoms with Crippen LogP contribution in [-0.4, -0.2) is 18.0 Å². The SMILES string of the molecule is CP1C2CCCC1CC2. The monoisotopic (exact) mass is 142 g/mol. The largest absolute Gasteiger partial charge is 0.104 e. The van der Waals surface area contributed by atoms with Gasteiger partial charge in [0.05, 0.1) is 0 Å². The summed E-state index contributed by atoms with van der Waals surface area (Å²) < 4.78 is 0. The van der Waals surface area contributed by atoms with Crippen molar-refractivity contribution in [1.82, 2.24) is 0 Å². The Labute approximate surface area is 58.8 Å². The van der Waals surface area contributed by atoms with Gasteiger partial charge < -0.3 is 0 Å².